The first-order valence-electron chi connectivity index (χ1n) is 8.95. The number of rotatable bonds is 6. The lowest BCUT2D eigenvalue weighted by molar-refractivity contribution is -0.120. The monoisotopic (exact) mass is 450 g/mol. The van der Waals surface area contributed by atoms with Crippen molar-refractivity contribution in [2.75, 3.05) is 0 Å². The number of carbonyl (C=O) groups excluding carboxylic acids is 2. The molecule has 0 saturated carbocycles. The van der Waals surface area contributed by atoms with E-state index in [9.17, 15) is 9.59 Å². The predicted molar refractivity (Wildman–Crippen MR) is 116 cm³/mol. The summed E-state index contributed by atoms with van der Waals surface area (Å²) in [4.78, 5) is 24.5. The van der Waals surface area contributed by atoms with Crippen LogP contribution < -0.4 is 10.2 Å². The predicted octanol–water partition coefficient (Wildman–Crippen LogP) is 4.67. The highest BCUT2D eigenvalue weighted by molar-refractivity contribution is 9.10. The lowest BCUT2D eigenvalue weighted by Gasteiger charge is -2.08. The fourth-order valence-electron chi connectivity index (χ4n) is 2.64. The molecule has 3 aromatic carbocycles. The number of halogens is 1. The van der Waals surface area contributed by atoms with Gasteiger partial charge in [0.25, 0.3) is 0 Å². The SMILES string of the molecule is Cc1cccc(C(=O)Oc2ccc(Br)cc2C=NNC(=O)Cc2ccccc2)c1. The number of nitrogens with zero attached hydrogens (tertiary/aromatic N) is 1. The van der Waals surface area contributed by atoms with Crippen LogP contribution in [-0.2, 0) is 11.2 Å². The first kappa shape index (κ1) is 20.5. The number of aryl methyl sites for hydroxylation is 1. The smallest absolute Gasteiger partial charge is 0.343 e. The topological polar surface area (TPSA) is 67.8 Å². The van der Waals surface area contributed by atoms with Crippen molar-refractivity contribution < 1.29 is 14.3 Å². The van der Waals surface area contributed by atoms with Crippen LogP contribution in [0.1, 0.15) is 27.0 Å². The van der Waals surface area contributed by atoms with Gasteiger partial charge in [-0.3, -0.25) is 4.79 Å². The van der Waals surface area contributed by atoms with Gasteiger partial charge in [0.1, 0.15) is 5.75 Å². The van der Waals surface area contributed by atoms with Crippen molar-refractivity contribution in [2.24, 2.45) is 5.10 Å². The second kappa shape index (κ2) is 9.80. The summed E-state index contributed by atoms with van der Waals surface area (Å²) < 4.78 is 6.33. The minimum atomic E-state index is -0.459. The number of benzene rings is 3. The summed E-state index contributed by atoms with van der Waals surface area (Å²) in [5.74, 6) is -0.347. The molecule has 1 N–H and O–H groups in total. The highest BCUT2D eigenvalue weighted by Crippen LogP contribution is 2.23. The zero-order chi connectivity index (χ0) is 20.6. The molecule has 0 heterocycles. The van der Waals surface area contributed by atoms with E-state index in [0.717, 1.165) is 15.6 Å². The molecule has 0 fully saturated rings. The number of hydrogen-bond acceptors (Lipinski definition) is 4. The summed E-state index contributed by atoms with van der Waals surface area (Å²) in [6.07, 6.45) is 1.68. The molecule has 6 heteroatoms. The van der Waals surface area contributed by atoms with E-state index < -0.39 is 5.97 Å². The van der Waals surface area contributed by atoms with E-state index in [-0.39, 0.29) is 12.3 Å². The Balaban J connectivity index is 1.69. The van der Waals surface area contributed by atoms with Crippen LogP contribution in [0.2, 0.25) is 0 Å². The molecule has 3 rings (SSSR count). The molecule has 3 aromatic rings. The number of carbonyl (C=O) groups is 2. The van der Waals surface area contributed by atoms with Gasteiger partial charge < -0.3 is 4.74 Å². The quantitative estimate of drug-likeness (QED) is 0.256. The molecule has 0 aliphatic rings. The summed E-state index contributed by atoms with van der Waals surface area (Å²) in [5.41, 5.74) is 5.38. The van der Waals surface area contributed by atoms with Crippen molar-refractivity contribution in [1.82, 2.24) is 5.43 Å². The molecule has 146 valence electrons. The Hall–Kier alpha value is -3.25. The van der Waals surface area contributed by atoms with Crippen LogP contribution in [0.5, 0.6) is 5.75 Å². The van der Waals surface area contributed by atoms with Crippen molar-refractivity contribution in [1.29, 1.82) is 0 Å². The van der Waals surface area contributed by atoms with Gasteiger partial charge >= 0.3 is 5.97 Å². The Kier molecular flexibility index (Phi) is 6.92. The van der Waals surface area contributed by atoms with Crippen LogP contribution in [0.4, 0.5) is 0 Å². The van der Waals surface area contributed by atoms with Crippen molar-refractivity contribution in [3.63, 3.8) is 0 Å². The van der Waals surface area contributed by atoms with Crippen LogP contribution in [0.25, 0.3) is 0 Å². The molecule has 29 heavy (non-hydrogen) atoms. The number of esters is 1. The fourth-order valence-corrected chi connectivity index (χ4v) is 3.02. The highest BCUT2D eigenvalue weighted by atomic mass is 79.9. The third kappa shape index (κ3) is 6.12. The molecule has 1 amide bonds. The number of hydrazone groups is 1. The van der Waals surface area contributed by atoms with E-state index in [1.54, 1.807) is 36.4 Å². The summed E-state index contributed by atoms with van der Waals surface area (Å²) in [5, 5.41) is 4.00. The lowest BCUT2D eigenvalue weighted by Crippen LogP contribution is -2.19. The van der Waals surface area contributed by atoms with Crippen molar-refractivity contribution >= 4 is 34.0 Å². The molecule has 0 unspecified atom stereocenters. The Morgan fingerprint density at radius 3 is 2.59 bits per heavy atom. The molecule has 0 spiro atoms. The minimum Gasteiger partial charge on any atom is -0.422 e. The van der Waals surface area contributed by atoms with Gasteiger partial charge in [0.05, 0.1) is 18.2 Å². The summed E-state index contributed by atoms with van der Waals surface area (Å²) in [6.45, 7) is 1.91. The maximum atomic E-state index is 12.4. The van der Waals surface area contributed by atoms with E-state index >= 15 is 0 Å². The van der Waals surface area contributed by atoms with Gasteiger partial charge in [0.15, 0.2) is 0 Å². The average molecular weight is 451 g/mol. The summed E-state index contributed by atoms with van der Waals surface area (Å²) in [6, 6.07) is 21.8. The van der Waals surface area contributed by atoms with Crippen LogP contribution in [0.3, 0.4) is 0 Å². The third-order valence-electron chi connectivity index (χ3n) is 4.03. The first-order chi connectivity index (χ1) is 14.0. The molecule has 0 bridgehead atoms. The maximum absolute atomic E-state index is 12.4. The number of ether oxygens (including phenoxy) is 1. The molecule has 0 atom stereocenters. The summed E-state index contributed by atoms with van der Waals surface area (Å²) >= 11 is 3.39. The normalized spacial score (nSPS) is 10.7. The molecule has 5 nitrogen and oxygen atoms in total. The standard InChI is InChI=1S/C23H19BrN2O3/c1-16-6-5-9-18(12-16)23(28)29-21-11-10-20(24)14-19(21)15-25-26-22(27)13-17-7-3-2-4-8-17/h2-12,14-15H,13H2,1H3,(H,26,27). The summed E-state index contributed by atoms with van der Waals surface area (Å²) in [7, 11) is 0. The third-order valence-corrected chi connectivity index (χ3v) is 4.52. The van der Waals surface area contributed by atoms with Crippen molar-refractivity contribution in [3.05, 3.63) is 99.5 Å². The van der Waals surface area contributed by atoms with Gasteiger partial charge in [0.2, 0.25) is 5.91 Å². The molecule has 0 aliphatic carbocycles. The number of hydrogen-bond donors (Lipinski definition) is 1. The molecule has 0 aromatic heterocycles. The average Bonchev–Trinajstić information content (AvgIpc) is 2.70. The Morgan fingerprint density at radius 1 is 1.03 bits per heavy atom. The van der Waals surface area contributed by atoms with Gasteiger partial charge in [-0.15, -0.1) is 0 Å². The van der Waals surface area contributed by atoms with Crippen molar-refractivity contribution in [3.8, 4) is 5.75 Å². The Labute approximate surface area is 177 Å². The zero-order valence-electron chi connectivity index (χ0n) is 15.8. The van der Waals surface area contributed by atoms with Gasteiger partial charge in [-0.1, -0.05) is 64.0 Å². The molecule has 0 saturated heterocycles. The van der Waals surface area contributed by atoms with Gasteiger partial charge in [0, 0.05) is 10.0 Å². The van der Waals surface area contributed by atoms with E-state index in [0.29, 0.717) is 16.9 Å². The molecular weight excluding hydrogens is 432 g/mol. The first-order valence-corrected chi connectivity index (χ1v) is 9.75. The largest absolute Gasteiger partial charge is 0.422 e. The number of nitrogens with one attached hydrogen (secondary N) is 1. The van der Waals surface area contributed by atoms with Crippen LogP contribution >= 0.6 is 15.9 Å². The molecule has 0 radical (unpaired) electrons. The van der Waals surface area contributed by atoms with Gasteiger partial charge in [-0.25, -0.2) is 10.2 Å². The van der Waals surface area contributed by atoms with Gasteiger partial charge in [-0.05, 0) is 42.8 Å². The Morgan fingerprint density at radius 2 is 1.83 bits per heavy atom. The second-order valence-electron chi connectivity index (χ2n) is 6.40. The molecule has 0 aliphatic heterocycles. The van der Waals surface area contributed by atoms with Crippen LogP contribution in [-0.4, -0.2) is 18.1 Å². The number of amides is 1. The van der Waals surface area contributed by atoms with Crippen LogP contribution in [0.15, 0.2) is 82.4 Å². The van der Waals surface area contributed by atoms with E-state index in [2.05, 4.69) is 26.5 Å². The molecular formula is C23H19BrN2O3. The lowest BCUT2D eigenvalue weighted by atomic mass is 10.1. The van der Waals surface area contributed by atoms with Crippen molar-refractivity contribution in [2.45, 2.75) is 13.3 Å². The zero-order valence-corrected chi connectivity index (χ0v) is 17.3. The fraction of sp³-hybridized carbons (Fsp3) is 0.0870. The second-order valence-corrected chi connectivity index (χ2v) is 7.31. The van der Waals surface area contributed by atoms with E-state index in [1.165, 1.54) is 6.21 Å². The minimum absolute atomic E-state index is 0.228. The highest BCUT2D eigenvalue weighted by Gasteiger charge is 2.12. The maximum Gasteiger partial charge on any atom is 0.343 e. The van der Waals surface area contributed by atoms with Gasteiger partial charge in [-0.2, -0.15) is 5.10 Å². The Bertz CT molecular complexity index is 1050. The van der Waals surface area contributed by atoms with Crippen LogP contribution in [0, 0.1) is 6.92 Å². The van der Waals surface area contributed by atoms with E-state index in [4.69, 9.17) is 4.74 Å². The van der Waals surface area contributed by atoms with E-state index in [1.807, 2.05) is 43.3 Å².